The third-order valence-corrected chi connectivity index (χ3v) is 5.46. The molecule has 2 aromatic carbocycles. The van der Waals surface area contributed by atoms with Crippen LogP contribution in [0, 0.1) is 0 Å². The molecule has 1 aliphatic rings. The van der Waals surface area contributed by atoms with Gasteiger partial charge in [0.1, 0.15) is 0 Å². The Labute approximate surface area is 165 Å². The summed E-state index contributed by atoms with van der Waals surface area (Å²) in [6.07, 6.45) is 2.07. The van der Waals surface area contributed by atoms with Crippen LogP contribution in [0.5, 0.6) is 0 Å². The predicted molar refractivity (Wildman–Crippen MR) is 111 cm³/mol. The first kappa shape index (κ1) is 19.5. The van der Waals surface area contributed by atoms with Gasteiger partial charge >= 0.3 is 0 Å². The Hall–Kier alpha value is -2.27. The standard InChI is InChI=1S/C22H26N2O2S/c1-22(2,3)15-8-12-17(13-9-15)27-14-20(25)24-19-7-5-4-6-18(19)21(26)23-16-10-11-16/h4-9,12-13,16H,10-11,14H2,1-3H3,(H,23,26)(H,24,25). The second-order valence-corrected chi connectivity index (χ2v) is 8.95. The second kappa shape index (κ2) is 8.17. The molecule has 0 radical (unpaired) electrons. The highest BCUT2D eigenvalue weighted by atomic mass is 32.2. The Kier molecular flexibility index (Phi) is 5.90. The van der Waals surface area contributed by atoms with Crippen LogP contribution in [0.1, 0.15) is 49.5 Å². The Balaban J connectivity index is 1.57. The van der Waals surface area contributed by atoms with E-state index in [1.807, 2.05) is 12.1 Å². The lowest BCUT2D eigenvalue weighted by Gasteiger charge is -2.19. The molecule has 1 aliphatic carbocycles. The summed E-state index contributed by atoms with van der Waals surface area (Å²) in [7, 11) is 0. The zero-order valence-electron chi connectivity index (χ0n) is 16.0. The van der Waals surface area contributed by atoms with Crippen LogP contribution in [-0.2, 0) is 10.2 Å². The van der Waals surface area contributed by atoms with Crippen molar-refractivity contribution in [3.63, 3.8) is 0 Å². The number of rotatable bonds is 6. The highest BCUT2D eigenvalue weighted by molar-refractivity contribution is 8.00. The second-order valence-electron chi connectivity index (χ2n) is 7.90. The fourth-order valence-corrected chi connectivity index (χ4v) is 3.37. The van der Waals surface area contributed by atoms with Gasteiger partial charge < -0.3 is 10.6 Å². The average molecular weight is 383 g/mol. The summed E-state index contributed by atoms with van der Waals surface area (Å²) < 4.78 is 0. The summed E-state index contributed by atoms with van der Waals surface area (Å²) in [6.45, 7) is 6.54. The number of benzene rings is 2. The molecular formula is C22H26N2O2S. The highest BCUT2D eigenvalue weighted by Crippen LogP contribution is 2.26. The van der Waals surface area contributed by atoms with E-state index in [9.17, 15) is 9.59 Å². The Bertz CT molecular complexity index is 821. The number of thioether (sulfide) groups is 1. The Morgan fingerprint density at radius 3 is 2.33 bits per heavy atom. The molecule has 0 aliphatic heterocycles. The largest absolute Gasteiger partial charge is 0.349 e. The van der Waals surface area contributed by atoms with Gasteiger partial charge in [-0.2, -0.15) is 0 Å². The van der Waals surface area contributed by atoms with Crippen LogP contribution in [0.3, 0.4) is 0 Å². The zero-order chi connectivity index (χ0) is 19.4. The van der Waals surface area contributed by atoms with Crippen molar-refractivity contribution < 1.29 is 9.59 Å². The maximum Gasteiger partial charge on any atom is 0.253 e. The van der Waals surface area contributed by atoms with Crippen LogP contribution in [0.4, 0.5) is 5.69 Å². The average Bonchev–Trinajstić information content (AvgIpc) is 3.44. The summed E-state index contributed by atoms with van der Waals surface area (Å²) >= 11 is 1.49. The van der Waals surface area contributed by atoms with E-state index in [2.05, 4.69) is 55.7 Å². The zero-order valence-corrected chi connectivity index (χ0v) is 16.9. The molecule has 1 fully saturated rings. The summed E-state index contributed by atoms with van der Waals surface area (Å²) in [4.78, 5) is 25.7. The van der Waals surface area contributed by atoms with E-state index in [0.29, 0.717) is 17.0 Å². The van der Waals surface area contributed by atoms with Gasteiger partial charge in [-0.15, -0.1) is 11.8 Å². The van der Waals surface area contributed by atoms with Crippen molar-refractivity contribution >= 4 is 29.3 Å². The monoisotopic (exact) mass is 382 g/mol. The maximum atomic E-state index is 12.4. The summed E-state index contributed by atoms with van der Waals surface area (Å²) in [5, 5.41) is 5.83. The maximum absolute atomic E-state index is 12.4. The van der Waals surface area contributed by atoms with Crippen molar-refractivity contribution in [3.8, 4) is 0 Å². The topological polar surface area (TPSA) is 58.2 Å². The normalized spacial score (nSPS) is 13.9. The minimum absolute atomic E-state index is 0.116. The van der Waals surface area contributed by atoms with Gasteiger partial charge in [-0.05, 0) is 48.1 Å². The molecule has 2 N–H and O–H groups in total. The lowest BCUT2D eigenvalue weighted by Crippen LogP contribution is -2.27. The molecule has 0 atom stereocenters. The van der Waals surface area contributed by atoms with E-state index < -0.39 is 0 Å². The lowest BCUT2D eigenvalue weighted by molar-refractivity contribution is -0.113. The number of carbonyl (C=O) groups excluding carboxylic acids is 2. The molecule has 0 heterocycles. The quantitative estimate of drug-likeness (QED) is 0.718. The van der Waals surface area contributed by atoms with Crippen LogP contribution in [0.25, 0.3) is 0 Å². The van der Waals surface area contributed by atoms with Crippen molar-refractivity contribution in [1.29, 1.82) is 0 Å². The molecule has 0 spiro atoms. The van der Waals surface area contributed by atoms with Gasteiger partial charge in [0, 0.05) is 10.9 Å². The fraction of sp³-hybridized carbons (Fsp3) is 0.364. The van der Waals surface area contributed by atoms with Crippen molar-refractivity contribution in [2.24, 2.45) is 0 Å². The smallest absolute Gasteiger partial charge is 0.253 e. The van der Waals surface area contributed by atoms with Crippen LogP contribution in [0.15, 0.2) is 53.4 Å². The van der Waals surface area contributed by atoms with Gasteiger partial charge in [-0.1, -0.05) is 45.0 Å². The predicted octanol–water partition coefficient (Wildman–Crippen LogP) is 4.61. The number of carbonyl (C=O) groups is 2. The minimum atomic E-state index is -0.126. The number of anilines is 1. The molecule has 142 valence electrons. The summed E-state index contributed by atoms with van der Waals surface area (Å²) in [5.41, 5.74) is 2.46. The SMILES string of the molecule is CC(C)(C)c1ccc(SCC(=O)Nc2ccccc2C(=O)NC2CC2)cc1. The molecule has 0 bridgehead atoms. The van der Waals surface area contributed by atoms with E-state index in [1.165, 1.54) is 17.3 Å². The fourth-order valence-electron chi connectivity index (χ4n) is 2.67. The first-order valence-electron chi connectivity index (χ1n) is 9.26. The first-order valence-corrected chi connectivity index (χ1v) is 10.2. The Morgan fingerprint density at radius 2 is 1.70 bits per heavy atom. The van der Waals surface area contributed by atoms with Gasteiger partial charge in [-0.3, -0.25) is 9.59 Å². The van der Waals surface area contributed by atoms with Crippen molar-refractivity contribution in [1.82, 2.24) is 5.32 Å². The van der Waals surface area contributed by atoms with Gasteiger partial charge in [0.25, 0.3) is 5.91 Å². The van der Waals surface area contributed by atoms with Gasteiger partial charge in [0.05, 0.1) is 17.0 Å². The highest BCUT2D eigenvalue weighted by Gasteiger charge is 2.25. The molecule has 2 aromatic rings. The minimum Gasteiger partial charge on any atom is -0.349 e. The van der Waals surface area contributed by atoms with Gasteiger partial charge in [0.15, 0.2) is 0 Å². The van der Waals surface area contributed by atoms with E-state index in [1.54, 1.807) is 12.1 Å². The van der Waals surface area contributed by atoms with E-state index >= 15 is 0 Å². The molecule has 4 nitrogen and oxygen atoms in total. The molecule has 1 saturated carbocycles. The van der Waals surface area contributed by atoms with E-state index in [-0.39, 0.29) is 23.3 Å². The van der Waals surface area contributed by atoms with Crippen LogP contribution < -0.4 is 10.6 Å². The number of hydrogen-bond acceptors (Lipinski definition) is 3. The van der Waals surface area contributed by atoms with Gasteiger partial charge in [-0.25, -0.2) is 0 Å². The van der Waals surface area contributed by atoms with Crippen molar-refractivity contribution in [2.45, 2.75) is 50.0 Å². The van der Waals surface area contributed by atoms with Crippen LogP contribution in [-0.4, -0.2) is 23.6 Å². The molecule has 5 heteroatoms. The van der Waals surface area contributed by atoms with E-state index in [4.69, 9.17) is 0 Å². The van der Waals surface area contributed by atoms with Gasteiger partial charge in [0.2, 0.25) is 5.91 Å². The van der Waals surface area contributed by atoms with E-state index in [0.717, 1.165) is 17.7 Å². The number of amides is 2. The molecule has 2 amide bonds. The molecular weight excluding hydrogens is 356 g/mol. The number of hydrogen-bond donors (Lipinski definition) is 2. The third-order valence-electron chi connectivity index (χ3n) is 4.45. The molecule has 0 unspecified atom stereocenters. The molecule has 0 aromatic heterocycles. The van der Waals surface area contributed by atoms with Crippen LogP contribution in [0.2, 0.25) is 0 Å². The number of nitrogens with one attached hydrogen (secondary N) is 2. The number of para-hydroxylation sites is 1. The van der Waals surface area contributed by atoms with Crippen molar-refractivity contribution in [2.75, 3.05) is 11.1 Å². The first-order chi connectivity index (χ1) is 12.8. The van der Waals surface area contributed by atoms with Crippen molar-refractivity contribution in [3.05, 3.63) is 59.7 Å². The molecule has 27 heavy (non-hydrogen) atoms. The summed E-state index contributed by atoms with van der Waals surface area (Å²) in [6, 6.07) is 15.7. The Morgan fingerprint density at radius 1 is 1.04 bits per heavy atom. The lowest BCUT2D eigenvalue weighted by atomic mass is 9.87. The molecule has 0 saturated heterocycles. The third kappa shape index (κ3) is 5.60. The van der Waals surface area contributed by atoms with Crippen LogP contribution >= 0.6 is 11.8 Å². The molecule has 3 rings (SSSR count). The summed E-state index contributed by atoms with van der Waals surface area (Å²) in [5.74, 6) is 0.0540.